The molecule has 1 aromatic carbocycles. The maximum atomic E-state index is 12.4. The van der Waals surface area contributed by atoms with Gasteiger partial charge in [-0.05, 0) is 43.4 Å². The Morgan fingerprint density at radius 2 is 2.21 bits per heavy atom. The molecule has 2 unspecified atom stereocenters. The van der Waals surface area contributed by atoms with Crippen LogP contribution in [0.2, 0.25) is 0 Å². The lowest BCUT2D eigenvalue weighted by Gasteiger charge is -2.31. The van der Waals surface area contributed by atoms with Crippen molar-refractivity contribution in [2.24, 2.45) is 5.92 Å². The Hall–Kier alpha value is -2.08. The molecule has 1 aromatic rings. The number of nitrogens with one attached hydrogen (secondary N) is 1. The fraction of sp³-hybridized carbons (Fsp3) is 0.556. The van der Waals surface area contributed by atoms with Gasteiger partial charge in [0.2, 0.25) is 0 Å². The van der Waals surface area contributed by atoms with E-state index in [9.17, 15) is 9.59 Å². The van der Waals surface area contributed by atoms with Crippen molar-refractivity contribution in [3.8, 4) is 5.75 Å². The van der Waals surface area contributed by atoms with E-state index in [0.29, 0.717) is 23.8 Å². The third kappa shape index (κ3) is 5.85. The first-order chi connectivity index (χ1) is 11.4. The summed E-state index contributed by atoms with van der Waals surface area (Å²) in [6.45, 7) is 4.55. The minimum Gasteiger partial charge on any atom is -0.482 e. The minimum absolute atomic E-state index is 0.0959. The van der Waals surface area contributed by atoms with Gasteiger partial charge >= 0.3 is 5.97 Å². The van der Waals surface area contributed by atoms with Crippen molar-refractivity contribution >= 4 is 11.9 Å². The highest BCUT2D eigenvalue weighted by Crippen LogP contribution is 2.21. The zero-order valence-corrected chi connectivity index (χ0v) is 14.2. The molecular formula is C18H25NO5. The summed E-state index contributed by atoms with van der Waals surface area (Å²) >= 11 is 0. The SMILES string of the molecule is CC(C)CC1CC(NC(=O)c2cccc(OCC(=O)O)c2)CCO1. The van der Waals surface area contributed by atoms with Crippen molar-refractivity contribution in [1.82, 2.24) is 5.32 Å². The average Bonchev–Trinajstić information content (AvgIpc) is 2.53. The summed E-state index contributed by atoms with van der Waals surface area (Å²) in [4.78, 5) is 23.0. The molecule has 0 aliphatic carbocycles. The number of aliphatic carboxylic acids is 1. The van der Waals surface area contributed by atoms with E-state index >= 15 is 0 Å². The summed E-state index contributed by atoms with van der Waals surface area (Å²) in [5.41, 5.74) is 0.463. The first-order valence-corrected chi connectivity index (χ1v) is 8.31. The third-order valence-corrected chi connectivity index (χ3v) is 3.90. The summed E-state index contributed by atoms with van der Waals surface area (Å²) in [6.07, 6.45) is 2.80. The molecule has 2 rings (SSSR count). The fourth-order valence-electron chi connectivity index (χ4n) is 2.84. The summed E-state index contributed by atoms with van der Waals surface area (Å²) in [5, 5.41) is 11.7. The van der Waals surface area contributed by atoms with Crippen molar-refractivity contribution in [3.05, 3.63) is 29.8 Å². The summed E-state index contributed by atoms with van der Waals surface area (Å²) in [5.74, 6) is -0.295. The van der Waals surface area contributed by atoms with Gasteiger partial charge in [-0.25, -0.2) is 4.79 Å². The fourth-order valence-corrected chi connectivity index (χ4v) is 2.84. The smallest absolute Gasteiger partial charge is 0.341 e. The number of amides is 1. The van der Waals surface area contributed by atoms with Gasteiger partial charge in [0.25, 0.3) is 5.91 Å². The van der Waals surface area contributed by atoms with Crippen LogP contribution in [0.5, 0.6) is 5.75 Å². The van der Waals surface area contributed by atoms with Crippen LogP contribution in [0.15, 0.2) is 24.3 Å². The molecular weight excluding hydrogens is 310 g/mol. The number of ether oxygens (including phenoxy) is 2. The summed E-state index contributed by atoms with van der Waals surface area (Å²) < 4.78 is 10.9. The number of rotatable bonds is 7. The number of carbonyl (C=O) groups excluding carboxylic acids is 1. The van der Waals surface area contributed by atoms with Crippen LogP contribution in [0.25, 0.3) is 0 Å². The van der Waals surface area contributed by atoms with Gasteiger partial charge in [-0.2, -0.15) is 0 Å². The predicted molar refractivity (Wildman–Crippen MR) is 89.3 cm³/mol. The molecule has 1 aliphatic heterocycles. The van der Waals surface area contributed by atoms with Crippen LogP contribution in [-0.2, 0) is 9.53 Å². The molecule has 0 saturated carbocycles. The molecule has 6 nitrogen and oxygen atoms in total. The highest BCUT2D eigenvalue weighted by Gasteiger charge is 2.24. The number of benzene rings is 1. The van der Waals surface area contributed by atoms with Gasteiger partial charge in [-0.15, -0.1) is 0 Å². The van der Waals surface area contributed by atoms with E-state index in [4.69, 9.17) is 14.6 Å². The second-order valence-electron chi connectivity index (χ2n) is 6.53. The van der Waals surface area contributed by atoms with E-state index in [1.165, 1.54) is 0 Å². The molecule has 1 amide bonds. The normalized spacial score (nSPS) is 20.6. The van der Waals surface area contributed by atoms with E-state index < -0.39 is 12.6 Å². The zero-order chi connectivity index (χ0) is 17.5. The van der Waals surface area contributed by atoms with Crippen molar-refractivity contribution in [3.63, 3.8) is 0 Å². The van der Waals surface area contributed by atoms with Crippen LogP contribution in [0, 0.1) is 5.92 Å². The maximum Gasteiger partial charge on any atom is 0.341 e. The van der Waals surface area contributed by atoms with Crippen LogP contribution in [0.4, 0.5) is 0 Å². The van der Waals surface area contributed by atoms with E-state index in [1.54, 1.807) is 24.3 Å². The van der Waals surface area contributed by atoms with Gasteiger partial charge in [0.1, 0.15) is 5.75 Å². The van der Waals surface area contributed by atoms with Crippen LogP contribution in [0.1, 0.15) is 43.5 Å². The van der Waals surface area contributed by atoms with Gasteiger partial charge in [0, 0.05) is 18.2 Å². The monoisotopic (exact) mass is 335 g/mol. The van der Waals surface area contributed by atoms with Crippen LogP contribution < -0.4 is 10.1 Å². The molecule has 24 heavy (non-hydrogen) atoms. The van der Waals surface area contributed by atoms with Crippen molar-refractivity contribution in [2.45, 2.75) is 45.3 Å². The number of carboxylic acid groups (broad SMARTS) is 1. The third-order valence-electron chi connectivity index (χ3n) is 3.90. The first kappa shape index (κ1) is 18.3. The predicted octanol–water partition coefficient (Wildman–Crippen LogP) is 2.47. The molecule has 0 bridgehead atoms. The number of hydrogen-bond acceptors (Lipinski definition) is 4. The lowest BCUT2D eigenvalue weighted by atomic mass is 9.96. The van der Waals surface area contributed by atoms with Crippen molar-refractivity contribution < 1.29 is 24.2 Å². The number of carboxylic acids is 1. The van der Waals surface area contributed by atoms with E-state index in [0.717, 1.165) is 19.3 Å². The zero-order valence-electron chi connectivity index (χ0n) is 14.2. The molecule has 0 radical (unpaired) electrons. The molecule has 2 N–H and O–H groups in total. The number of hydrogen-bond donors (Lipinski definition) is 2. The minimum atomic E-state index is -1.05. The molecule has 6 heteroatoms. The first-order valence-electron chi connectivity index (χ1n) is 8.31. The van der Waals surface area contributed by atoms with Crippen LogP contribution in [0.3, 0.4) is 0 Å². The maximum absolute atomic E-state index is 12.4. The molecule has 1 heterocycles. The molecule has 132 valence electrons. The Bertz CT molecular complexity index is 572. The Morgan fingerprint density at radius 3 is 2.92 bits per heavy atom. The van der Waals surface area contributed by atoms with Gasteiger partial charge < -0.3 is 19.9 Å². The van der Waals surface area contributed by atoms with E-state index in [2.05, 4.69) is 19.2 Å². The molecule has 0 aromatic heterocycles. The van der Waals surface area contributed by atoms with E-state index in [1.807, 2.05) is 0 Å². The van der Waals surface area contributed by atoms with Gasteiger partial charge in [-0.3, -0.25) is 4.79 Å². The molecule has 1 aliphatic rings. The molecule has 1 fully saturated rings. The summed E-state index contributed by atoms with van der Waals surface area (Å²) in [7, 11) is 0. The standard InChI is InChI=1S/C18H25NO5/c1-12(2)8-16-10-14(6-7-23-16)19-18(22)13-4-3-5-15(9-13)24-11-17(20)21/h3-5,9,12,14,16H,6-8,10-11H2,1-2H3,(H,19,22)(H,20,21). The topological polar surface area (TPSA) is 84.9 Å². The molecule has 1 saturated heterocycles. The quantitative estimate of drug-likeness (QED) is 0.799. The Morgan fingerprint density at radius 1 is 1.42 bits per heavy atom. The second-order valence-corrected chi connectivity index (χ2v) is 6.53. The second kappa shape index (κ2) is 8.68. The average molecular weight is 335 g/mol. The van der Waals surface area contributed by atoms with Gasteiger partial charge in [0.05, 0.1) is 6.10 Å². The van der Waals surface area contributed by atoms with Gasteiger partial charge in [-0.1, -0.05) is 19.9 Å². The van der Waals surface area contributed by atoms with Gasteiger partial charge in [0.15, 0.2) is 6.61 Å². The highest BCUT2D eigenvalue weighted by atomic mass is 16.5. The van der Waals surface area contributed by atoms with Crippen LogP contribution >= 0.6 is 0 Å². The van der Waals surface area contributed by atoms with Crippen molar-refractivity contribution in [1.29, 1.82) is 0 Å². The summed E-state index contributed by atoms with van der Waals surface area (Å²) in [6, 6.07) is 6.65. The Labute approximate surface area is 142 Å². The Kier molecular flexibility index (Phi) is 6.61. The van der Waals surface area contributed by atoms with Crippen molar-refractivity contribution in [2.75, 3.05) is 13.2 Å². The lowest BCUT2D eigenvalue weighted by Crippen LogP contribution is -2.42. The number of carbonyl (C=O) groups is 2. The molecule has 2 atom stereocenters. The lowest BCUT2D eigenvalue weighted by molar-refractivity contribution is -0.139. The molecule has 0 spiro atoms. The van der Waals surface area contributed by atoms with Crippen LogP contribution in [-0.4, -0.2) is 42.3 Å². The Balaban J connectivity index is 1.91. The van der Waals surface area contributed by atoms with E-state index in [-0.39, 0.29) is 18.1 Å². The largest absolute Gasteiger partial charge is 0.482 e. The highest BCUT2D eigenvalue weighted by molar-refractivity contribution is 5.94.